The van der Waals surface area contributed by atoms with Crippen LogP contribution in [0, 0.1) is 0 Å². The van der Waals surface area contributed by atoms with Crippen molar-refractivity contribution in [3.63, 3.8) is 0 Å². The summed E-state index contributed by atoms with van der Waals surface area (Å²) in [5.74, 6) is 2.40. The van der Waals surface area contributed by atoms with Gasteiger partial charge in [-0.05, 0) is 50.7 Å². The predicted molar refractivity (Wildman–Crippen MR) is 117 cm³/mol. The van der Waals surface area contributed by atoms with Crippen LogP contribution in [-0.2, 0) is 13.6 Å². The smallest absolute Gasteiger partial charge is 0.194 e. The summed E-state index contributed by atoms with van der Waals surface area (Å²) in [5.41, 5.74) is 2.47. The fourth-order valence-corrected chi connectivity index (χ4v) is 3.55. The quantitative estimate of drug-likeness (QED) is 0.546. The van der Waals surface area contributed by atoms with Crippen molar-refractivity contribution in [2.24, 2.45) is 12.0 Å². The number of nitrogens with one attached hydrogen (secondary N) is 1. The molecule has 2 heterocycles. The molecule has 0 spiro atoms. The van der Waals surface area contributed by atoms with E-state index < -0.39 is 0 Å². The summed E-state index contributed by atoms with van der Waals surface area (Å²) in [6.07, 6.45) is 5.24. The van der Waals surface area contributed by atoms with Crippen LogP contribution in [-0.4, -0.2) is 72.4 Å². The molecule has 1 aromatic heterocycles. The fourth-order valence-electron chi connectivity index (χ4n) is 3.55. The summed E-state index contributed by atoms with van der Waals surface area (Å²) in [5, 5.41) is 7.77. The van der Waals surface area contributed by atoms with Gasteiger partial charge in [0.05, 0.1) is 12.7 Å². The number of aromatic nitrogens is 2. The summed E-state index contributed by atoms with van der Waals surface area (Å²) in [7, 11) is 6.07. The molecular formula is C22H34N6O. The Bertz CT molecular complexity index is 800. The summed E-state index contributed by atoms with van der Waals surface area (Å²) in [6, 6.07) is 8.24. The second kappa shape index (κ2) is 10.3. The van der Waals surface area contributed by atoms with Crippen LogP contribution in [0.1, 0.15) is 30.4 Å². The Morgan fingerprint density at radius 3 is 2.97 bits per heavy atom. The second-order valence-corrected chi connectivity index (χ2v) is 7.85. The first kappa shape index (κ1) is 21.2. The molecule has 7 nitrogen and oxygen atoms in total. The van der Waals surface area contributed by atoms with Gasteiger partial charge in [-0.3, -0.25) is 4.68 Å². The van der Waals surface area contributed by atoms with E-state index in [9.17, 15) is 0 Å². The van der Waals surface area contributed by atoms with Gasteiger partial charge in [0.1, 0.15) is 12.4 Å². The zero-order valence-corrected chi connectivity index (χ0v) is 18.1. The van der Waals surface area contributed by atoms with Gasteiger partial charge in [0.2, 0.25) is 0 Å². The maximum atomic E-state index is 5.85. The number of aliphatic imine (C=N–C) groups is 1. The number of guanidine groups is 1. The van der Waals surface area contributed by atoms with Crippen molar-refractivity contribution >= 4 is 5.96 Å². The third-order valence-electron chi connectivity index (χ3n) is 5.14. The minimum absolute atomic E-state index is 0.515. The molecule has 1 aliphatic heterocycles. The van der Waals surface area contributed by atoms with Crippen LogP contribution >= 0.6 is 0 Å². The highest BCUT2D eigenvalue weighted by Gasteiger charge is 2.26. The number of ether oxygens (including phenoxy) is 1. The van der Waals surface area contributed by atoms with Crippen molar-refractivity contribution < 1.29 is 4.74 Å². The lowest BCUT2D eigenvalue weighted by Crippen LogP contribution is -2.40. The number of benzene rings is 1. The zero-order chi connectivity index (χ0) is 20.6. The lowest BCUT2D eigenvalue weighted by molar-refractivity contribution is 0.261. The lowest BCUT2D eigenvalue weighted by atomic mass is 10.0. The van der Waals surface area contributed by atoms with Gasteiger partial charge in [-0.1, -0.05) is 12.1 Å². The fraction of sp³-hybridized carbons (Fsp3) is 0.545. The first-order valence-electron chi connectivity index (χ1n) is 10.4. The van der Waals surface area contributed by atoms with Gasteiger partial charge in [0.15, 0.2) is 5.96 Å². The molecule has 158 valence electrons. The predicted octanol–water partition coefficient (Wildman–Crippen LogP) is 2.32. The van der Waals surface area contributed by atoms with E-state index in [1.54, 1.807) is 0 Å². The normalized spacial score (nSPS) is 17.2. The summed E-state index contributed by atoms with van der Waals surface area (Å²) < 4.78 is 7.73. The Morgan fingerprint density at radius 1 is 1.38 bits per heavy atom. The molecule has 1 fully saturated rings. The van der Waals surface area contributed by atoms with E-state index in [0.29, 0.717) is 19.1 Å². The topological polar surface area (TPSA) is 57.9 Å². The van der Waals surface area contributed by atoms with E-state index in [4.69, 9.17) is 9.73 Å². The van der Waals surface area contributed by atoms with Crippen molar-refractivity contribution in [1.82, 2.24) is 24.9 Å². The molecule has 29 heavy (non-hydrogen) atoms. The van der Waals surface area contributed by atoms with Crippen molar-refractivity contribution in [1.29, 1.82) is 0 Å². The lowest BCUT2D eigenvalue weighted by Gasteiger charge is -2.21. The van der Waals surface area contributed by atoms with Crippen LogP contribution in [0.15, 0.2) is 41.7 Å². The van der Waals surface area contributed by atoms with E-state index in [0.717, 1.165) is 49.9 Å². The molecule has 0 amide bonds. The molecule has 2 aromatic rings. The number of hydrogen-bond acceptors (Lipinski definition) is 4. The highest BCUT2D eigenvalue weighted by Crippen LogP contribution is 2.26. The Labute approximate surface area is 174 Å². The van der Waals surface area contributed by atoms with Crippen LogP contribution in [0.5, 0.6) is 5.75 Å². The van der Waals surface area contributed by atoms with E-state index >= 15 is 0 Å². The summed E-state index contributed by atoms with van der Waals surface area (Å²) in [6.45, 7) is 7.20. The molecule has 1 unspecified atom stereocenters. The molecule has 3 rings (SSSR count). The molecule has 0 saturated carbocycles. The minimum atomic E-state index is 0.515. The second-order valence-electron chi connectivity index (χ2n) is 7.85. The van der Waals surface area contributed by atoms with Crippen LogP contribution in [0.25, 0.3) is 0 Å². The van der Waals surface area contributed by atoms with Crippen LogP contribution in [0.3, 0.4) is 0 Å². The van der Waals surface area contributed by atoms with Gasteiger partial charge in [-0.25, -0.2) is 4.99 Å². The van der Waals surface area contributed by atoms with Crippen molar-refractivity contribution in [2.45, 2.75) is 25.8 Å². The Morgan fingerprint density at radius 2 is 2.24 bits per heavy atom. The SMILES string of the molecule is CCNC(=NCc1cccc(OCCN(C)C)c1)N1CCC(c2cnn(C)c2)C1. The van der Waals surface area contributed by atoms with Gasteiger partial charge in [-0.15, -0.1) is 0 Å². The maximum Gasteiger partial charge on any atom is 0.194 e. The third-order valence-corrected chi connectivity index (χ3v) is 5.14. The molecule has 0 aliphatic carbocycles. The van der Waals surface area contributed by atoms with Crippen molar-refractivity contribution in [3.8, 4) is 5.75 Å². The van der Waals surface area contributed by atoms with E-state index in [1.807, 2.05) is 44.2 Å². The Kier molecular flexibility index (Phi) is 7.52. The third kappa shape index (κ3) is 6.22. The standard InChI is InChI=1S/C22H34N6O/c1-5-23-22(28-10-9-19(17-28)20-15-25-27(4)16-20)24-14-18-7-6-8-21(13-18)29-12-11-26(2)3/h6-8,13,15-16,19H,5,9-12,14,17H2,1-4H3,(H,23,24). The van der Waals surface area contributed by atoms with Gasteiger partial charge >= 0.3 is 0 Å². The average molecular weight is 399 g/mol. The summed E-state index contributed by atoms with van der Waals surface area (Å²) in [4.78, 5) is 9.37. The first-order valence-corrected chi connectivity index (χ1v) is 10.4. The minimum Gasteiger partial charge on any atom is -0.492 e. The maximum absolute atomic E-state index is 5.85. The number of rotatable bonds is 8. The first-order chi connectivity index (χ1) is 14.0. The van der Waals surface area contributed by atoms with Crippen LogP contribution < -0.4 is 10.1 Å². The molecule has 1 atom stereocenters. The Hall–Kier alpha value is -2.54. The highest BCUT2D eigenvalue weighted by atomic mass is 16.5. The average Bonchev–Trinajstić information content (AvgIpc) is 3.34. The Balaban J connectivity index is 1.61. The molecule has 1 N–H and O–H groups in total. The van der Waals surface area contributed by atoms with E-state index in [-0.39, 0.29) is 0 Å². The van der Waals surface area contributed by atoms with Gasteiger partial charge < -0.3 is 19.9 Å². The molecule has 1 saturated heterocycles. The largest absolute Gasteiger partial charge is 0.492 e. The van der Waals surface area contributed by atoms with Crippen molar-refractivity contribution in [3.05, 3.63) is 47.8 Å². The molecule has 0 bridgehead atoms. The molecular weight excluding hydrogens is 364 g/mol. The van der Waals surface area contributed by atoms with E-state index in [2.05, 4.69) is 45.5 Å². The molecule has 0 radical (unpaired) electrons. The highest BCUT2D eigenvalue weighted by molar-refractivity contribution is 5.80. The number of aryl methyl sites for hydroxylation is 1. The van der Waals surface area contributed by atoms with Crippen LogP contribution in [0.2, 0.25) is 0 Å². The monoisotopic (exact) mass is 398 g/mol. The van der Waals surface area contributed by atoms with Crippen molar-refractivity contribution in [2.75, 3.05) is 46.9 Å². The number of hydrogen-bond donors (Lipinski definition) is 1. The molecule has 1 aliphatic rings. The number of nitrogens with zero attached hydrogens (tertiary/aromatic N) is 5. The number of likely N-dealkylation sites (N-methyl/N-ethyl adjacent to an activating group) is 1. The van der Waals surface area contributed by atoms with Gasteiger partial charge in [0.25, 0.3) is 0 Å². The molecule has 7 heteroatoms. The van der Waals surface area contributed by atoms with Gasteiger partial charge in [0, 0.05) is 45.3 Å². The summed E-state index contributed by atoms with van der Waals surface area (Å²) >= 11 is 0. The van der Waals surface area contributed by atoms with Gasteiger partial charge in [-0.2, -0.15) is 5.10 Å². The van der Waals surface area contributed by atoms with E-state index in [1.165, 1.54) is 5.56 Å². The van der Waals surface area contributed by atoms with Crippen LogP contribution in [0.4, 0.5) is 0 Å². The molecule has 1 aromatic carbocycles. The zero-order valence-electron chi connectivity index (χ0n) is 18.1. The number of likely N-dealkylation sites (tertiary alicyclic amines) is 1.